The number of thiazole rings is 1. The number of nitrogens with zero attached hydrogens (tertiary/aromatic N) is 2. The Morgan fingerprint density at radius 1 is 1.04 bits per heavy atom. The van der Waals surface area contributed by atoms with Crippen LogP contribution in [0.2, 0.25) is 0 Å². The topological polar surface area (TPSA) is 71.4 Å². The number of fused-ring (bicyclic) bond motifs is 2. The number of benzene rings is 2. The van der Waals surface area contributed by atoms with E-state index in [0.717, 1.165) is 10.2 Å². The molecule has 1 N–H and O–H groups in total. The fourth-order valence-electron chi connectivity index (χ4n) is 3.17. The van der Waals surface area contributed by atoms with Gasteiger partial charge in [0.2, 0.25) is 5.13 Å². The summed E-state index contributed by atoms with van der Waals surface area (Å²) in [4.78, 5) is 30.0. The molecule has 0 amide bonds. The van der Waals surface area contributed by atoms with Crippen LogP contribution in [0.4, 0.5) is 5.13 Å². The monoisotopic (exact) mass is 363 g/mol. The van der Waals surface area contributed by atoms with Crippen molar-refractivity contribution in [3.63, 3.8) is 0 Å². The van der Waals surface area contributed by atoms with Crippen LogP contribution in [0, 0.1) is 11.8 Å². The fraction of sp³-hybridized carbons (Fsp3) is 0.200. The third-order valence-corrected chi connectivity index (χ3v) is 5.39. The van der Waals surface area contributed by atoms with Gasteiger partial charge in [0.1, 0.15) is 5.92 Å². The molecule has 0 atom stereocenters. The molecule has 2 aromatic carbocycles. The first-order valence-electron chi connectivity index (χ1n) is 8.43. The summed E-state index contributed by atoms with van der Waals surface area (Å²) in [6, 6.07) is 14.8. The lowest BCUT2D eigenvalue weighted by Gasteiger charge is -2.14. The van der Waals surface area contributed by atoms with Crippen LogP contribution in [0.15, 0.2) is 53.6 Å². The minimum Gasteiger partial charge on any atom is -0.293 e. The van der Waals surface area contributed by atoms with Gasteiger partial charge in [-0.15, -0.1) is 0 Å². The van der Waals surface area contributed by atoms with E-state index >= 15 is 0 Å². The quantitative estimate of drug-likeness (QED) is 0.423. The van der Waals surface area contributed by atoms with Gasteiger partial charge in [-0.05, 0) is 18.1 Å². The average molecular weight is 363 g/mol. The molecule has 0 aliphatic heterocycles. The lowest BCUT2D eigenvalue weighted by atomic mass is 9.90. The minimum absolute atomic E-state index is 0.0518. The number of rotatable bonds is 4. The van der Waals surface area contributed by atoms with Crippen molar-refractivity contribution in [3.8, 4) is 0 Å². The maximum atomic E-state index is 12.8. The highest BCUT2D eigenvalue weighted by molar-refractivity contribution is 7.22. The molecule has 5 nitrogen and oxygen atoms in total. The van der Waals surface area contributed by atoms with Crippen molar-refractivity contribution in [1.29, 1.82) is 0 Å². The molecule has 4 rings (SSSR count). The normalized spacial score (nSPS) is 15.1. The Kier molecular flexibility index (Phi) is 4.12. The Morgan fingerprint density at radius 3 is 2.27 bits per heavy atom. The number of hydrogen-bond acceptors (Lipinski definition) is 6. The largest absolute Gasteiger partial charge is 0.293 e. The molecule has 130 valence electrons. The molecule has 1 aliphatic rings. The van der Waals surface area contributed by atoms with Gasteiger partial charge in [-0.2, -0.15) is 5.10 Å². The van der Waals surface area contributed by atoms with Crippen LogP contribution in [-0.2, 0) is 0 Å². The highest BCUT2D eigenvalue weighted by atomic mass is 32.1. The van der Waals surface area contributed by atoms with E-state index in [0.29, 0.717) is 22.0 Å². The van der Waals surface area contributed by atoms with Gasteiger partial charge in [0, 0.05) is 11.1 Å². The van der Waals surface area contributed by atoms with Gasteiger partial charge in [0.15, 0.2) is 11.6 Å². The Hall–Kier alpha value is -2.86. The summed E-state index contributed by atoms with van der Waals surface area (Å²) in [7, 11) is 0. The summed E-state index contributed by atoms with van der Waals surface area (Å²) < 4.78 is 1.05. The molecule has 26 heavy (non-hydrogen) atoms. The molecule has 0 unspecified atom stereocenters. The number of Topliss-reactive ketones (excluding diaryl/α,β-unsaturated/α-hetero) is 2. The molecule has 0 saturated heterocycles. The van der Waals surface area contributed by atoms with Gasteiger partial charge in [-0.1, -0.05) is 61.6 Å². The smallest absolute Gasteiger partial charge is 0.204 e. The zero-order valence-corrected chi connectivity index (χ0v) is 15.2. The molecule has 0 radical (unpaired) electrons. The van der Waals surface area contributed by atoms with Gasteiger partial charge in [0.05, 0.1) is 15.9 Å². The predicted octanol–water partition coefficient (Wildman–Crippen LogP) is 4.42. The number of aromatic nitrogens is 1. The van der Waals surface area contributed by atoms with Crippen LogP contribution < -0.4 is 5.43 Å². The summed E-state index contributed by atoms with van der Waals surface area (Å²) in [6.07, 6.45) is 0. The van der Waals surface area contributed by atoms with Crippen molar-refractivity contribution in [3.05, 3.63) is 59.7 Å². The third-order valence-electron chi connectivity index (χ3n) is 4.44. The Bertz CT molecular complexity index is 984. The van der Waals surface area contributed by atoms with E-state index in [9.17, 15) is 9.59 Å². The molecule has 0 fully saturated rings. The second kappa shape index (κ2) is 6.46. The second-order valence-electron chi connectivity index (χ2n) is 6.50. The van der Waals surface area contributed by atoms with Crippen LogP contribution in [0.5, 0.6) is 0 Å². The maximum absolute atomic E-state index is 12.8. The van der Waals surface area contributed by atoms with Crippen molar-refractivity contribution >= 4 is 44.0 Å². The van der Waals surface area contributed by atoms with Crippen molar-refractivity contribution in [2.75, 3.05) is 5.43 Å². The van der Waals surface area contributed by atoms with E-state index in [1.807, 2.05) is 38.1 Å². The van der Waals surface area contributed by atoms with Gasteiger partial charge in [-0.3, -0.25) is 15.0 Å². The fourth-order valence-corrected chi connectivity index (χ4v) is 3.98. The van der Waals surface area contributed by atoms with Crippen molar-refractivity contribution in [2.24, 2.45) is 16.9 Å². The van der Waals surface area contributed by atoms with E-state index < -0.39 is 5.92 Å². The minimum atomic E-state index is -0.853. The Balaban J connectivity index is 1.67. The van der Waals surface area contributed by atoms with Crippen molar-refractivity contribution in [1.82, 2.24) is 4.98 Å². The molecule has 1 aliphatic carbocycles. The zero-order valence-electron chi connectivity index (χ0n) is 14.4. The first-order chi connectivity index (χ1) is 12.6. The van der Waals surface area contributed by atoms with Gasteiger partial charge >= 0.3 is 0 Å². The van der Waals surface area contributed by atoms with E-state index in [4.69, 9.17) is 0 Å². The molecular weight excluding hydrogens is 346 g/mol. The Labute approximate surface area is 154 Å². The van der Waals surface area contributed by atoms with Crippen LogP contribution in [-0.4, -0.2) is 22.3 Å². The Morgan fingerprint density at radius 2 is 1.65 bits per heavy atom. The maximum Gasteiger partial charge on any atom is 0.204 e. The number of carbonyl (C=O) groups is 2. The molecule has 1 aromatic heterocycles. The van der Waals surface area contributed by atoms with Crippen LogP contribution in [0.3, 0.4) is 0 Å². The standard InChI is InChI=1S/C20H17N3O2S/c1-11(2)17(16-18(24)12-7-3-4-8-13(12)19(16)25)22-23-20-21-14-9-5-6-10-15(14)26-20/h3-11,16H,1-2H3,(H,21,23). The molecular formula is C20H17N3O2S. The van der Waals surface area contributed by atoms with Gasteiger partial charge in [0.25, 0.3) is 0 Å². The van der Waals surface area contributed by atoms with E-state index in [2.05, 4.69) is 15.5 Å². The number of anilines is 1. The number of para-hydroxylation sites is 1. The molecule has 6 heteroatoms. The first kappa shape index (κ1) is 16.6. The van der Waals surface area contributed by atoms with Crippen molar-refractivity contribution in [2.45, 2.75) is 13.8 Å². The average Bonchev–Trinajstić information content (AvgIpc) is 3.16. The number of hydrogen-bond donors (Lipinski definition) is 1. The highest BCUT2D eigenvalue weighted by Crippen LogP contribution is 2.30. The molecule has 0 bridgehead atoms. The second-order valence-corrected chi connectivity index (χ2v) is 7.53. The highest BCUT2D eigenvalue weighted by Gasteiger charge is 2.42. The van der Waals surface area contributed by atoms with Crippen LogP contribution in [0.1, 0.15) is 34.6 Å². The van der Waals surface area contributed by atoms with Crippen LogP contribution in [0.25, 0.3) is 10.2 Å². The lowest BCUT2D eigenvalue weighted by Crippen LogP contribution is -2.30. The third kappa shape index (κ3) is 2.72. The molecule has 3 aromatic rings. The molecule has 0 spiro atoms. The molecule has 1 heterocycles. The van der Waals surface area contributed by atoms with E-state index in [1.54, 1.807) is 24.3 Å². The van der Waals surface area contributed by atoms with E-state index in [-0.39, 0.29) is 17.5 Å². The van der Waals surface area contributed by atoms with Gasteiger partial charge in [-0.25, -0.2) is 4.98 Å². The summed E-state index contributed by atoms with van der Waals surface area (Å²) >= 11 is 1.48. The number of hydrazone groups is 1. The van der Waals surface area contributed by atoms with Crippen LogP contribution >= 0.6 is 11.3 Å². The SMILES string of the molecule is CC(C)C(=NNc1nc2ccccc2s1)C1C(=O)c2ccccc2C1=O. The predicted molar refractivity (Wildman–Crippen MR) is 104 cm³/mol. The summed E-state index contributed by atoms with van der Waals surface area (Å²) in [5.41, 5.74) is 5.34. The number of nitrogens with one attached hydrogen (secondary N) is 1. The molecule has 0 saturated carbocycles. The summed E-state index contributed by atoms with van der Waals surface area (Å²) in [5, 5.41) is 5.07. The number of carbonyl (C=O) groups excluding carboxylic acids is 2. The van der Waals surface area contributed by atoms with Crippen molar-refractivity contribution < 1.29 is 9.59 Å². The summed E-state index contributed by atoms with van der Waals surface area (Å²) in [6.45, 7) is 3.87. The lowest BCUT2D eigenvalue weighted by molar-refractivity contribution is 0.0881. The number of ketones is 2. The van der Waals surface area contributed by atoms with E-state index in [1.165, 1.54) is 11.3 Å². The summed E-state index contributed by atoms with van der Waals surface area (Å²) in [5.74, 6) is -1.26. The zero-order chi connectivity index (χ0) is 18.3. The van der Waals surface area contributed by atoms with Gasteiger partial charge < -0.3 is 0 Å². The first-order valence-corrected chi connectivity index (χ1v) is 9.24.